The number of anilines is 2. The number of carbonyl (C=O) groups is 1. The summed E-state index contributed by atoms with van der Waals surface area (Å²) in [6, 6.07) is 12.2. The normalized spacial score (nSPS) is 15.2. The van der Waals surface area contributed by atoms with Crippen LogP contribution in [0.4, 0.5) is 11.8 Å². The summed E-state index contributed by atoms with van der Waals surface area (Å²) in [6.45, 7) is 2.21. The summed E-state index contributed by atoms with van der Waals surface area (Å²) in [5, 5.41) is 12.3. The van der Waals surface area contributed by atoms with Gasteiger partial charge in [-0.2, -0.15) is 4.98 Å². The van der Waals surface area contributed by atoms with Gasteiger partial charge in [0.05, 0.1) is 5.92 Å². The first-order chi connectivity index (χ1) is 11.7. The van der Waals surface area contributed by atoms with E-state index in [9.17, 15) is 4.79 Å². The fraction of sp³-hybridized carbons (Fsp3) is 0.389. The number of benzene rings is 1. The number of nitrogens with zero attached hydrogens (tertiary/aromatic N) is 3. The van der Waals surface area contributed by atoms with E-state index >= 15 is 0 Å². The Hall–Kier alpha value is -2.63. The Morgan fingerprint density at radius 2 is 1.96 bits per heavy atom. The van der Waals surface area contributed by atoms with Crippen molar-refractivity contribution >= 4 is 17.7 Å². The molecule has 1 aromatic carbocycles. The molecule has 1 aromatic heterocycles. The molecule has 3 rings (SSSR count). The van der Waals surface area contributed by atoms with E-state index in [1.807, 2.05) is 24.3 Å². The summed E-state index contributed by atoms with van der Waals surface area (Å²) >= 11 is 0. The standard InChI is InChI=1S/C18H22N4O2/c23-17(24)15-8-12-22(13-9-15)16-7-11-20-18(21-16)19-10-6-14-4-2-1-3-5-14/h1-5,7,11,15H,6,8-10,12-13H2,(H,23,24)(H,19,20,21). The second-order valence-corrected chi connectivity index (χ2v) is 6.00. The Labute approximate surface area is 141 Å². The lowest BCUT2D eigenvalue weighted by Gasteiger charge is -2.31. The van der Waals surface area contributed by atoms with Crippen LogP contribution in [0.5, 0.6) is 0 Å². The van der Waals surface area contributed by atoms with Crippen LogP contribution in [0.3, 0.4) is 0 Å². The van der Waals surface area contributed by atoms with E-state index in [2.05, 4.69) is 32.3 Å². The Balaban J connectivity index is 1.53. The van der Waals surface area contributed by atoms with Gasteiger partial charge in [0.2, 0.25) is 5.95 Å². The molecular weight excluding hydrogens is 304 g/mol. The lowest BCUT2D eigenvalue weighted by atomic mass is 9.97. The Morgan fingerprint density at radius 1 is 1.21 bits per heavy atom. The van der Waals surface area contributed by atoms with Crippen LogP contribution < -0.4 is 10.2 Å². The van der Waals surface area contributed by atoms with Crippen LogP contribution in [0.2, 0.25) is 0 Å². The van der Waals surface area contributed by atoms with Crippen molar-refractivity contribution in [1.29, 1.82) is 0 Å². The predicted octanol–water partition coefficient (Wildman–Crippen LogP) is 2.43. The van der Waals surface area contributed by atoms with Gasteiger partial charge in [0.15, 0.2) is 0 Å². The highest BCUT2D eigenvalue weighted by molar-refractivity contribution is 5.70. The second-order valence-electron chi connectivity index (χ2n) is 6.00. The van der Waals surface area contributed by atoms with Gasteiger partial charge in [-0.1, -0.05) is 30.3 Å². The monoisotopic (exact) mass is 326 g/mol. The number of hydrogen-bond donors (Lipinski definition) is 2. The van der Waals surface area contributed by atoms with Crippen molar-refractivity contribution in [2.75, 3.05) is 29.9 Å². The van der Waals surface area contributed by atoms with Gasteiger partial charge < -0.3 is 15.3 Å². The molecule has 2 heterocycles. The number of carboxylic acids is 1. The molecule has 0 unspecified atom stereocenters. The van der Waals surface area contributed by atoms with Crippen LogP contribution in [-0.2, 0) is 11.2 Å². The minimum absolute atomic E-state index is 0.230. The topological polar surface area (TPSA) is 78.3 Å². The van der Waals surface area contributed by atoms with Crippen LogP contribution in [0.15, 0.2) is 42.6 Å². The summed E-state index contributed by atoms with van der Waals surface area (Å²) < 4.78 is 0. The molecule has 0 atom stereocenters. The summed E-state index contributed by atoms with van der Waals surface area (Å²) in [7, 11) is 0. The van der Waals surface area contributed by atoms with E-state index in [4.69, 9.17) is 5.11 Å². The molecule has 1 saturated heterocycles. The van der Waals surface area contributed by atoms with Crippen LogP contribution in [-0.4, -0.2) is 40.7 Å². The molecule has 6 heteroatoms. The zero-order valence-electron chi connectivity index (χ0n) is 13.6. The molecule has 6 nitrogen and oxygen atoms in total. The van der Waals surface area contributed by atoms with Crippen molar-refractivity contribution < 1.29 is 9.90 Å². The third kappa shape index (κ3) is 4.22. The van der Waals surface area contributed by atoms with Gasteiger partial charge in [-0.25, -0.2) is 4.98 Å². The molecule has 0 aliphatic carbocycles. The number of piperidine rings is 1. The van der Waals surface area contributed by atoms with Gasteiger partial charge in [-0.3, -0.25) is 4.79 Å². The Morgan fingerprint density at radius 3 is 2.67 bits per heavy atom. The van der Waals surface area contributed by atoms with Crippen LogP contribution in [0.25, 0.3) is 0 Å². The van der Waals surface area contributed by atoms with Gasteiger partial charge in [0, 0.05) is 25.8 Å². The fourth-order valence-corrected chi connectivity index (χ4v) is 2.93. The van der Waals surface area contributed by atoms with E-state index in [0.29, 0.717) is 18.8 Å². The number of aromatic nitrogens is 2. The Kier molecular flexibility index (Phi) is 5.25. The average Bonchev–Trinajstić information content (AvgIpc) is 2.63. The summed E-state index contributed by atoms with van der Waals surface area (Å²) in [6.07, 6.45) is 3.99. The van der Waals surface area contributed by atoms with Gasteiger partial charge in [-0.15, -0.1) is 0 Å². The van der Waals surface area contributed by atoms with Crippen LogP contribution >= 0.6 is 0 Å². The molecule has 126 valence electrons. The highest BCUT2D eigenvalue weighted by Gasteiger charge is 2.25. The van der Waals surface area contributed by atoms with Crippen molar-refractivity contribution in [2.24, 2.45) is 5.92 Å². The maximum atomic E-state index is 11.0. The van der Waals surface area contributed by atoms with Crippen LogP contribution in [0, 0.1) is 5.92 Å². The summed E-state index contributed by atoms with van der Waals surface area (Å²) in [4.78, 5) is 22.0. The molecular formula is C18H22N4O2. The predicted molar refractivity (Wildman–Crippen MR) is 93.2 cm³/mol. The minimum atomic E-state index is -0.694. The zero-order chi connectivity index (χ0) is 16.8. The molecule has 2 aromatic rings. The number of aliphatic carboxylic acids is 1. The van der Waals surface area contributed by atoms with Crippen molar-refractivity contribution in [2.45, 2.75) is 19.3 Å². The number of hydrogen-bond acceptors (Lipinski definition) is 5. The minimum Gasteiger partial charge on any atom is -0.481 e. The fourth-order valence-electron chi connectivity index (χ4n) is 2.93. The number of carboxylic acid groups (broad SMARTS) is 1. The lowest BCUT2D eigenvalue weighted by molar-refractivity contribution is -0.142. The molecule has 1 fully saturated rings. The SMILES string of the molecule is O=C(O)C1CCN(c2ccnc(NCCc3ccccc3)n2)CC1. The third-order valence-electron chi connectivity index (χ3n) is 4.35. The first kappa shape index (κ1) is 16.2. The van der Waals surface area contributed by atoms with Crippen molar-refractivity contribution in [3.8, 4) is 0 Å². The second kappa shape index (κ2) is 7.77. The highest BCUT2D eigenvalue weighted by Crippen LogP contribution is 2.22. The molecule has 0 radical (unpaired) electrons. The van der Waals surface area contributed by atoms with E-state index in [1.165, 1.54) is 5.56 Å². The van der Waals surface area contributed by atoms with E-state index in [-0.39, 0.29) is 5.92 Å². The largest absolute Gasteiger partial charge is 0.481 e. The molecule has 24 heavy (non-hydrogen) atoms. The van der Waals surface area contributed by atoms with Gasteiger partial charge in [0.1, 0.15) is 5.82 Å². The van der Waals surface area contributed by atoms with E-state index in [1.54, 1.807) is 6.20 Å². The summed E-state index contributed by atoms with van der Waals surface area (Å²) in [5.74, 6) is 0.548. The molecule has 0 bridgehead atoms. The van der Waals surface area contributed by atoms with Crippen molar-refractivity contribution in [3.05, 3.63) is 48.2 Å². The third-order valence-corrected chi connectivity index (χ3v) is 4.35. The van der Waals surface area contributed by atoms with Gasteiger partial charge in [-0.05, 0) is 30.9 Å². The Bertz CT molecular complexity index is 670. The van der Waals surface area contributed by atoms with Crippen molar-refractivity contribution in [3.63, 3.8) is 0 Å². The molecule has 0 amide bonds. The first-order valence-electron chi connectivity index (χ1n) is 8.31. The summed E-state index contributed by atoms with van der Waals surface area (Å²) in [5.41, 5.74) is 1.27. The van der Waals surface area contributed by atoms with Crippen LogP contribution in [0.1, 0.15) is 18.4 Å². The number of nitrogens with one attached hydrogen (secondary N) is 1. The van der Waals surface area contributed by atoms with E-state index in [0.717, 1.165) is 31.9 Å². The van der Waals surface area contributed by atoms with Gasteiger partial charge in [0.25, 0.3) is 0 Å². The number of rotatable bonds is 6. The molecule has 1 aliphatic heterocycles. The molecule has 1 aliphatic rings. The first-order valence-corrected chi connectivity index (χ1v) is 8.31. The average molecular weight is 326 g/mol. The highest BCUT2D eigenvalue weighted by atomic mass is 16.4. The molecule has 0 spiro atoms. The maximum Gasteiger partial charge on any atom is 0.306 e. The lowest BCUT2D eigenvalue weighted by Crippen LogP contribution is -2.36. The molecule has 2 N–H and O–H groups in total. The smallest absolute Gasteiger partial charge is 0.306 e. The maximum absolute atomic E-state index is 11.0. The zero-order valence-corrected chi connectivity index (χ0v) is 13.6. The quantitative estimate of drug-likeness (QED) is 0.849. The van der Waals surface area contributed by atoms with E-state index < -0.39 is 5.97 Å². The van der Waals surface area contributed by atoms with Gasteiger partial charge >= 0.3 is 5.97 Å². The van der Waals surface area contributed by atoms with Crippen molar-refractivity contribution in [1.82, 2.24) is 9.97 Å². The molecule has 0 saturated carbocycles.